The Labute approximate surface area is 130 Å². The van der Waals surface area contributed by atoms with E-state index in [1.165, 1.54) is 25.7 Å². The van der Waals surface area contributed by atoms with Crippen LogP contribution in [0.15, 0.2) is 16.9 Å². The molecule has 0 saturated carbocycles. The van der Waals surface area contributed by atoms with Gasteiger partial charge in [-0.05, 0) is 55.5 Å². The Kier molecular flexibility index (Phi) is 4.48. The first-order chi connectivity index (χ1) is 9.63. The molecule has 0 amide bonds. The third-order valence-electron chi connectivity index (χ3n) is 4.76. The van der Waals surface area contributed by atoms with Crippen LogP contribution in [0.5, 0.6) is 0 Å². The highest BCUT2D eigenvalue weighted by Crippen LogP contribution is 2.37. The number of rotatable bonds is 5. The second kappa shape index (κ2) is 6.16. The zero-order chi connectivity index (χ0) is 14.1. The topological polar surface area (TPSA) is 33.1 Å². The predicted molar refractivity (Wildman–Crippen MR) is 84.7 cm³/mol. The van der Waals surface area contributed by atoms with Crippen molar-refractivity contribution in [2.75, 3.05) is 6.54 Å². The molecular weight excluding hydrogens is 316 g/mol. The molecule has 20 heavy (non-hydrogen) atoms. The summed E-state index contributed by atoms with van der Waals surface area (Å²) in [6.07, 6.45) is 9.31. The molecule has 1 aromatic heterocycles. The summed E-state index contributed by atoms with van der Waals surface area (Å²) in [5, 5.41) is 8.03. The Morgan fingerprint density at radius 1 is 1.35 bits per heavy atom. The molecular formula is C15H25BrN4. The van der Waals surface area contributed by atoms with Crippen molar-refractivity contribution in [1.29, 1.82) is 0 Å². The SMILES string of the molecule is CC(C)N1C2CCC1CC(NCCn1cc(Br)cn1)C2. The first-order valence-electron chi connectivity index (χ1n) is 7.82. The van der Waals surface area contributed by atoms with Gasteiger partial charge in [-0.3, -0.25) is 9.58 Å². The summed E-state index contributed by atoms with van der Waals surface area (Å²) >= 11 is 3.44. The molecule has 3 heterocycles. The van der Waals surface area contributed by atoms with Gasteiger partial charge in [-0.15, -0.1) is 0 Å². The van der Waals surface area contributed by atoms with E-state index in [0.29, 0.717) is 12.1 Å². The maximum atomic E-state index is 4.30. The van der Waals surface area contributed by atoms with Crippen LogP contribution in [0.4, 0.5) is 0 Å². The van der Waals surface area contributed by atoms with Gasteiger partial charge >= 0.3 is 0 Å². The van der Waals surface area contributed by atoms with E-state index in [2.05, 4.69) is 45.1 Å². The fraction of sp³-hybridized carbons (Fsp3) is 0.800. The van der Waals surface area contributed by atoms with Crippen molar-refractivity contribution in [3.8, 4) is 0 Å². The second-order valence-electron chi connectivity index (χ2n) is 6.47. The molecule has 112 valence electrons. The molecule has 0 spiro atoms. The number of hydrogen-bond acceptors (Lipinski definition) is 3. The van der Waals surface area contributed by atoms with Gasteiger partial charge in [0.25, 0.3) is 0 Å². The van der Waals surface area contributed by atoms with Crippen molar-refractivity contribution in [3.63, 3.8) is 0 Å². The highest BCUT2D eigenvalue weighted by Gasteiger charge is 2.41. The monoisotopic (exact) mass is 340 g/mol. The molecule has 2 aliphatic heterocycles. The van der Waals surface area contributed by atoms with Crippen molar-refractivity contribution in [3.05, 3.63) is 16.9 Å². The Morgan fingerprint density at radius 2 is 2.05 bits per heavy atom. The van der Waals surface area contributed by atoms with Crippen molar-refractivity contribution < 1.29 is 0 Å². The van der Waals surface area contributed by atoms with Gasteiger partial charge in [0, 0.05) is 36.9 Å². The van der Waals surface area contributed by atoms with Crippen LogP contribution in [0.1, 0.15) is 39.5 Å². The van der Waals surface area contributed by atoms with Gasteiger partial charge in [-0.25, -0.2) is 0 Å². The van der Waals surface area contributed by atoms with Gasteiger partial charge in [0.15, 0.2) is 0 Å². The average molecular weight is 341 g/mol. The van der Waals surface area contributed by atoms with Crippen LogP contribution in [0.2, 0.25) is 0 Å². The molecule has 1 aromatic rings. The maximum absolute atomic E-state index is 4.30. The van der Waals surface area contributed by atoms with Crippen LogP contribution >= 0.6 is 15.9 Å². The molecule has 0 radical (unpaired) electrons. The first kappa shape index (κ1) is 14.5. The number of nitrogens with one attached hydrogen (secondary N) is 1. The lowest BCUT2D eigenvalue weighted by molar-refractivity contribution is 0.0848. The standard InChI is InChI=1S/C15H25BrN4/c1-11(2)20-14-3-4-15(20)8-13(7-14)17-5-6-19-10-12(16)9-18-19/h9-11,13-15,17H,3-8H2,1-2H3. The van der Waals surface area contributed by atoms with E-state index in [9.17, 15) is 0 Å². The fourth-order valence-corrected chi connectivity index (χ4v) is 4.39. The number of fused-ring (bicyclic) bond motifs is 2. The molecule has 2 unspecified atom stereocenters. The lowest BCUT2D eigenvalue weighted by atomic mass is 9.96. The molecule has 2 aliphatic rings. The highest BCUT2D eigenvalue weighted by molar-refractivity contribution is 9.10. The van der Waals surface area contributed by atoms with Gasteiger partial charge < -0.3 is 5.32 Å². The quantitative estimate of drug-likeness (QED) is 0.894. The molecule has 2 bridgehead atoms. The Morgan fingerprint density at radius 3 is 2.60 bits per heavy atom. The number of aromatic nitrogens is 2. The van der Waals surface area contributed by atoms with E-state index in [1.807, 2.05) is 17.1 Å². The van der Waals surface area contributed by atoms with Gasteiger partial charge in [-0.2, -0.15) is 5.10 Å². The van der Waals surface area contributed by atoms with E-state index >= 15 is 0 Å². The van der Waals surface area contributed by atoms with E-state index in [0.717, 1.165) is 29.6 Å². The van der Waals surface area contributed by atoms with Crippen LogP contribution in [0, 0.1) is 0 Å². The molecule has 3 rings (SSSR count). The number of halogens is 1. The molecule has 0 aliphatic carbocycles. The zero-order valence-electron chi connectivity index (χ0n) is 12.4. The average Bonchev–Trinajstić information content (AvgIpc) is 2.92. The van der Waals surface area contributed by atoms with Crippen molar-refractivity contribution in [2.24, 2.45) is 0 Å². The summed E-state index contributed by atoms with van der Waals surface area (Å²) in [7, 11) is 0. The van der Waals surface area contributed by atoms with E-state index in [1.54, 1.807) is 0 Å². The van der Waals surface area contributed by atoms with E-state index in [4.69, 9.17) is 0 Å². The van der Waals surface area contributed by atoms with Crippen molar-refractivity contribution >= 4 is 15.9 Å². The lowest BCUT2D eigenvalue weighted by Gasteiger charge is -2.41. The molecule has 2 saturated heterocycles. The molecule has 1 N–H and O–H groups in total. The maximum Gasteiger partial charge on any atom is 0.0632 e. The summed E-state index contributed by atoms with van der Waals surface area (Å²) in [5.41, 5.74) is 0. The van der Waals surface area contributed by atoms with Crippen LogP contribution < -0.4 is 5.32 Å². The molecule has 2 atom stereocenters. The minimum atomic E-state index is 0.696. The summed E-state index contributed by atoms with van der Waals surface area (Å²) < 4.78 is 3.05. The highest BCUT2D eigenvalue weighted by atomic mass is 79.9. The Balaban J connectivity index is 1.46. The third kappa shape index (κ3) is 3.10. The van der Waals surface area contributed by atoms with Gasteiger partial charge in [-0.1, -0.05) is 0 Å². The minimum Gasteiger partial charge on any atom is -0.312 e. The Hall–Kier alpha value is -0.390. The molecule has 0 aromatic carbocycles. The molecule has 4 nitrogen and oxygen atoms in total. The van der Waals surface area contributed by atoms with Crippen LogP contribution in [-0.2, 0) is 6.54 Å². The van der Waals surface area contributed by atoms with Crippen LogP contribution in [0.25, 0.3) is 0 Å². The third-order valence-corrected chi connectivity index (χ3v) is 5.17. The fourth-order valence-electron chi connectivity index (χ4n) is 4.07. The molecule has 5 heteroatoms. The number of nitrogens with zero attached hydrogens (tertiary/aromatic N) is 3. The molecule has 2 fully saturated rings. The lowest BCUT2D eigenvalue weighted by Crippen LogP contribution is -2.51. The van der Waals surface area contributed by atoms with Gasteiger partial charge in [0.2, 0.25) is 0 Å². The summed E-state index contributed by atoms with van der Waals surface area (Å²) in [6.45, 7) is 6.65. The largest absolute Gasteiger partial charge is 0.312 e. The Bertz CT molecular complexity index is 431. The van der Waals surface area contributed by atoms with Crippen molar-refractivity contribution in [1.82, 2.24) is 20.0 Å². The number of hydrogen-bond donors (Lipinski definition) is 1. The van der Waals surface area contributed by atoms with Gasteiger partial charge in [0.05, 0.1) is 17.2 Å². The van der Waals surface area contributed by atoms with Crippen LogP contribution in [-0.4, -0.2) is 45.4 Å². The van der Waals surface area contributed by atoms with Gasteiger partial charge in [0.1, 0.15) is 0 Å². The van der Waals surface area contributed by atoms with E-state index in [-0.39, 0.29) is 0 Å². The predicted octanol–water partition coefficient (Wildman–Crippen LogP) is 2.64. The normalized spacial score (nSPS) is 30.3. The minimum absolute atomic E-state index is 0.696. The first-order valence-corrected chi connectivity index (χ1v) is 8.61. The summed E-state index contributed by atoms with van der Waals surface area (Å²) in [4.78, 5) is 2.75. The summed E-state index contributed by atoms with van der Waals surface area (Å²) in [5.74, 6) is 0. The van der Waals surface area contributed by atoms with Crippen LogP contribution in [0.3, 0.4) is 0 Å². The number of piperidine rings is 1. The zero-order valence-corrected chi connectivity index (χ0v) is 14.0. The summed E-state index contributed by atoms with van der Waals surface area (Å²) in [6, 6.07) is 3.02. The smallest absolute Gasteiger partial charge is 0.0632 e. The van der Waals surface area contributed by atoms with Crippen molar-refractivity contribution in [2.45, 2.75) is 70.2 Å². The second-order valence-corrected chi connectivity index (χ2v) is 7.39. The van der Waals surface area contributed by atoms with E-state index < -0.39 is 0 Å².